The van der Waals surface area contributed by atoms with Crippen molar-refractivity contribution < 1.29 is 27.2 Å². The van der Waals surface area contributed by atoms with Crippen molar-refractivity contribution in [2.24, 2.45) is 17.8 Å². The minimum Gasteiger partial charge on any atom is -0.414 e. The number of allylic oxidation sites excluding steroid dienone is 2. The Bertz CT molecular complexity index is 999. The van der Waals surface area contributed by atoms with Crippen molar-refractivity contribution in [3.8, 4) is 0 Å². The number of ether oxygens (including phenoxy) is 1. The molecule has 1 saturated carbocycles. The maximum atomic E-state index is 14.4. The lowest BCUT2D eigenvalue weighted by Crippen LogP contribution is -2.71. The van der Waals surface area contributed by atoms with Gasteiger partial charge in [0.25, 0.3) is 0 Å². The first-order valence-corrected chi connectivity index (χ1v) is 30.9. The van der Waals surface area contributed by atoms with Crippen molar-refractivity contribution in [1.29, 1.82) is 0 Å². The van der Waals surface area contributed by atoms with Crippen molar-refractivity contribution in [1.82, 2.24) is 5.32 Å². The van der Waals surface area contributed by atoms with Crippen LogP contribution in [0.2, 0.25) is 72.5 Å². The minimum atomic E-state index is -2.17. The molecule has 8 atom stereocenters. The summed E-state index contributed by atoms with van der Waals surface area (Å²) in [6.07, 6.45) is 5.01. The SMILES string of the molecule is CC[Si](CC)(CC)OC[C@H]1OC(O[Si](CC)(CC)CC)[C@H](NC(=O)[C@H]2C[C@@H]3C=C[C@H]2C3)[C@@H](O[Si](CC)(CC)CC)[C@@H]1O[Si](CC)(CC)CC. The van der Waals surface area contributed by atoms with Crippen LogP contribution in [0.3, 0.4) is 0 Å². The third-order valence-corrected chi connectivity index (χ3v) is 32.5. The molecule has 2 fully saturated rings. The predicted molar refractivity (Wildman–Crippen MR) is 215 cm³/mol. The zero-order valence-corrected chi connectivity index (χ0v) is 37.8. The van der Waals surface area contributed by atoms with Crippen molar-refractivity contribution in [2.45, 2.75) is 199 Å². The first-order valence-electron chi connectivity index (χ1n) is 20.8. The molecule has 1 N–H and O–H groups in total. The van der Waals surface area contributed by atoms with Gasteiger partial charge in [-0.3, -0.25) is 4.79 Å². The van der Waals surface area contributed by atoms with Gasteiger partial charge in [-0.25, -0.2) is 0 Å². The molecular weight excluding hydrogens is 679 g/mol. The zero-order chi connectivity index (χ0) is 36.5. The summed E-state index contributed by atoms with van der Waals surface area (Å²) in [6, 6.07) is 12.1. The molecule has 2 bridgehead atoms. The highest BCUT2D eigenvalue weighted by Crippen LogP contribution is 2.44. The quantitative estimate of drug-likeness (QED) is 0.0827. The van der Waals surface area contributed by atoms with E-state index in [9.17, 15) is 4.79 Å². The molecule has 3 rings (SSSR count). The Labute approximate surface area is 306 Å². The Morgan fingerprint density at radius 2 is 1.06 bits per heavy atom. The standard InChI is InChI=1S/C38H77NO6Si4/c1-13-46(14-2,15-3)41-29-33-35(43-47(16-4,17-5)18-6)36(44-48(19-7,20-8)21-9)34(38(42-33)45-49(22-10,23-11)24-12)39-37(40)32-28-30-25-26-31(32)27-30/h25-26,30-36,38H,13-24,27-29H2,1-12H3,(H,39,40)/t30-,31+,32+,33-,34-,35-,36-,38?/m1/s1. The van der Waals surface area contributed by atoms with Crippen LogP contribution in [-0.2, 0) is 27.2 Å². The van der Waals surface area contributed by atoms with Crippen molar-refractivity contribution in [2.75, 3.05) is 6.61 Å². The molecule has 2 aliphatic carbocycles. The number of amides is 1. The summed E-state index contributed by atoms with van der Waals surface area (Å²) in [4.78, 5) is 14.4. The van der Waals surface area contributed by atoms with Gasteiger partial charge in [0, 0.05) is 5.92 Å². The topological polar surface area (TPSA) is 75.2 Å². The van der Waals surface area contributed by atoms with E-state index in [-0.39, 0.29) is 30.1 Å². The number of fused-ring (bicyclic) bond motifs is 2. The van der Waals surface area contributed by atoms with Crippen LogP contribution in [0.4, 0.5) is 0 Å². The van der Waals surface area contributed by atoms with Gasteiger partial charge in [-0.1, -0.05) is 95.2 Å². The van der Waals surface area contributed by atoms with Crippen LogP contribution in [0.25, 0.3) is 0 Å². The van der Waals surface area contributed by atoms with Gasteiger partial charge in [0.1, 0.15) is 18.2 Å². The van der Waals surface area contributed by atoms with E-state index in [0.29, 0.717) is 18.4 Å². The monoisotopic (exact) mass is 755 g/mol. The second-order valence-corrected chi connectivity index (χ2v) is 34.5. The van der Waals surface area contributed by atoms with E-state index >= 15 is 0 Å². The molecule has 7 nitrogen and oxygen atoms in total. The molecular formula is C38H77NO6Si4. The van der Waals surface area contributed by atoms with Crippen LogP contribution >= 0.6 is 0 Å². The molecule has 3 aliphatic rings. The highest BCUT2D eigenvalue weighted by molar-refractivity contribution is 6.75. The molecule has 1 aliphatic heterocycles. The Balaban J connectivity index is 2.21. The van der Waals surface area contributed by atoms with Crippen molar-refractivity contribution in [3.63, 3.8) is 0 Å². The molecule has 286 valence electrons. The van der Waals surface area contributed by atoms with Crippen LogP contribution in [0, 0.1) is 17.8 Å². The Morgan fingerprint density at radius 1 is 0.612 bits per heavy atom. The first-order chi connectivity index (χ1) is 23.4. The Morgan fingerprint density at radius 3 is 1.47 bits per heavy atom. The summed E-state index contributed by atoms with van der Waals surface area (Å²) in [7, 11) is -8.38. The number of rotatable bonds is 23. The molecule has 1 saturated heterocycles. The van der Waals surface area contributed by atoms with Gasteiger partial charge in [0.05, 0.1) is 12.7 Å². The van der Waals surface area contributed by atoms with Crippen LogP contribution in [-0.4, -0.2) is 76.4 Å². The van der Waals surface area contributed by atoms with Crippen molar-refractivity contribution in [3.05, 3.63) is 12.2 Å². The largest absolute Gasteiger partial charge is 0.414 e. The number of hydrogen-bond acceptors (Lipinski definition) is 6. The second kappa shape index (κ2) is 19.3. The summed E-state index contributed by atoms with van der Waals surface area (Å²) in [5.41, 5.74) is 0. The fourth-order valence-electron chi connectivity index (χ4n) is 9.07. The van der Waals surface area contributed by atoms with E-state index < -0.39 is 45.6 Å². The van der Waals surface area contributed by atoms with Gasteiger partial charge >= 0.3 is 0 Å². The molecule has 1 heterocycles. The summed E-state index contributed by atoms with van der Waals surface area (Å²) in [6.45, 7) is 28.0. The molecule has 0 aromatic heterocycles. The third-order valence-electron chi connectivity index (χ3n) is 14.0. The molecule has 0 spiro atoms. The summed E-state index contributed by atoms with van der Waals surface area (Å²) < 4.78 is 36.9. The Kier molecular flexibility index (Phi) is 17.0. The zero-order valence-electron chi connectivity index (χ0n) is 33.8. The normalized spacial score (nSPS) is 29.1. The number of hydrogen-bond donors (Lipinski definition) is 1. The summed E-state index contributed by atoms with van der Waals surface area (Å²) >= 11 is 0. The van der Waals surface area contributed by atoms with Crippen LogP contribution in [0.5, 0.6) is 0 Å². The van der Waals surface area contributed by atoms with Gasteiger partial charge < -0.3 is 27.8 Å². The summed E-state index contributed by atoms with van der Waals surface area (Å²) in [5.74, 6) is 0.969. The smallest absolute Gasteiger partial charge is 0.224 e. The van der Waals surface area contributed by atoms with Gasteiger partial charge in [0.2, 0.25) is 5.91 Å². The predicted octanol–water partition coefficient (Wildman–Crippen LogP) is 10.2. The van der Waals surface area contributed by atoms with E-state index in [0.717, 1.165) is 85.4 Å². The van der Waals surface area contributed by atoms with Crippen molar-refractivity contribution >= 4 is 39.2 Å². The lowest BCUT2D eigenvalue weighted by Gasteiger charge is -2.53. The highest BCUT2D eigenvalue weighted by atomic mass is 28.4. The van der Waals surface area contributed by atoms with E-state index in [1.54, 1.807) is 0 Å². The van der Waals surface area contributed by atoms with E-state index in [1.165, 1.54) is 0 Å². The fourth-order valence-corrected chi connectivity index (χ4v) is 20.1. The van der Waals surface area contributed by atoms with E-state index in [4.69, 9.17) is 22.4 Å². The molecule has 0 radical (unpaired) electrons. The third kappa shape index (κ3) is 9.71. The fraction of sp³-hybridized carbons (Fsp3) is 0.921. The van der Waals surface area contributed by atoms with Gasteiger partial charge in [-0.2, -0.15) is 0 Å². The molecule has 49 heavy (non-hydrogen) atoms. The van der Waals surface area contributed by atoms with Gasteiger partial charge in [-0.15, -0.1) is 0 Å². The van der Waals surface area contributed by atoms with Crippen LogP contribution in [0.1, 0.15) is 95.9 Å². The number of nitrogens with one attached hydrogen (secondary N) is 1. The average molecular weight is 756 g/mol. The molecule has 1 unspecified atom stereocenters. The summed E-state index contributed by atoms with van der Waals surface area (Å²) in [5, 5.41) is 3.63. The van der Waals surface area contributed by atoms with E-state index in [1.807, 2.05) is 0 Å². The first kappa shape index (κ1) is 43.3. The molecule has 0 aromatic rings. The molecule has 0 aromatic carbocycles. The van der Waals surface area contributed by atoms with Crippen LogP contribution in [0.15, 0.2) is 12.2 Å². The Hall–Kier alpha value is -0.122. The molecule has 1 amide bonds. The maximum absolute atomic E-state index is 14.4. The number of carbonyl (C=O) groups is 1. The molecule has 11 heteroatoms. The number of carbonyl (C=O) groups excluding carboxylic acids is 1. The average Bonchev–Trinajstić information content (AvgIpc) is 3.79. The maximum Gasteiger partial charge on any atom is 0.224 e. The lowest BCUT2D eigenvalue weighted by atomic mass is 9.91. The van der Waals surface area contributed by atoms with Gasteiger partial charge in [-0.05, 0) is 97.2 Å². The van der Waals surface area contributed by atoms with Gasteiger partial charge in [0.15, 0.2) is 39.6 Å². The highest BCUT2D eigenvalue weighted by Gasteiger charge is 2.55. The van der Waals surface area contributed by atoms with E-state index in [2.05, 4.69) is 101 Å². The second-order valence-electron chi connectivity index (χ2n) is 15.5. The van der Waals surface area contributed by atoms with Crippen LogP contribution < -0.4 is 5.32 Å². The minimum absolute atomic E-state index is 0.00606. The lowest BCUT2D eigenvalue weighted by molar-refractivity contribution is -0.240.